The second-order valence-corrected chi connectivity index (χ2v) is 4.02. The van der Waals surface area contributed by atoms with Crippen LogP contribution in [0.15, 0.2) is 24.3 Å². The Balaban J connectivity index is 2.68. The summed E-state index contributed by atoms with van der Waals surface area (Å²) in [4.78, 5) is 11.6. The molecule has 0 atom stereocenters. The van der Waals surface area contributed by atoms with Crippen LogP contribution in [-0.2, 0) is 0 Å². The topological polar surface area (TPSA) is 29.1 Å². The van der Waals surface area contributed by atoms with Crippen molar-refractivity contribution in [1.29, 1.82) is 0 Å². The molecule has 1 aromatic rings. The summed E-state index contributed by atoms with van der Waals surface area (Å²) in [5, 5.41) is 3.28. The molecule has 0 aliphatic heterocycles. The summed E-state index contributed by atoms with van der Waals surface area (Å²) in [5.74, 6) is 0.275. The molecule has 0 radical (unpaired) electrons. The Morgan fingerprint density at radius 1 is 1.27 bits per heavy atom. The molecule has 0 saturated heterocycles. The van der Waals surface area contributed by atoms with E-state index in [2.05, 4.69) is 12.2 Å². The molecule has 0 fully saturated rings. The first-order valence-corrected chi connectivity index (χ1v) is 5.53. The van der Waals surface area contributed by atoms with Crippen LogP contribution >= 0.6 is 0 Å². The number of carbonyl (C=O) groups is 1. The lowest BCUT2D eigenvalue weighted by molar-refractivity contribution is 0.0939. The van der Waals surface area contributed by atoms with Gasteiger partial charge in [-0.05, 0) is 30.7 Å². The first kappa shape index (κ1) is 11.8. The van der Waals surface area contributed by atoms with E-state index in [0.29, 0.717) is 0 Å². The third-order valence-corrected chi connectivity index (χ3v) is 2.27. The predicted octanol–water partition coefficient (Wildman–Crippen LogP) is 3.35. The Kier molecular flexibility index (Phi) is 4.35. The van der Waals surface area contributed by atoms with Gasteiger partial charge in [0, 0.05) is 23.7 Å². The first-order valence-electron chi connectivity index (χ1n) is 5.53. The minimum atomic E-state index is 0.0689. The molecule has 0 aromatic heterocycles. The average Bonchev–Trinajstić information content (AvgIpc) is 2.26. The fraction of sp³-hybridized carbons (Fsp3) is 0.462. The lowest BCUT2D eigenvalue weighted by atomic mass is 10.0. The summed E-state index contributed by atoms with van der Waals surface area (Å²) in [6.45, 7) is 6.94. The van der Waals surface area contributed by atoms with E-state index in [1.165, 1.54) is 0 Å². The van der Waals surface area contributed by atoms with Crippen molar-refractivity contribution in [1.82, 2.24) is 0 Å². The first-order chi connectivity index (χ1) is 7.15. The van der Waals surface area contributed by atoms with Crippen LogP contribution in [0.1, 0.15) is 37.6 Å². The zero-order valence-corrected chi connectivity index (χ0v) is 9.71. The van der Waals surface area contributed by atoms with Gasteiger partial charge in [-0.3, -0.25) is 4.79 Å². The third kappa shape index (κ3) is 3.39. The largest absolute Gasteiger partial charge is 0.385 e. The summed E-state index contributed by atoms with van der Waals surface area (Å²) >= 11 is 0. The number of nitrogens with one attached hydrogen (secondary N) is 1. The van der Waals surface area contributed by atoms with Crippen LogP contribution in [0, 0.1) is 5.92 Å². The van der Waals surface area contributed by atoms with Crippen molar-refractivity contribution in [2.24, 2.45) is 5.92 Å². The van der Waals surface area contributed by atoms with Crippen LogP contribution in [0.2, 0.25) is 0 Å². The highest BCUT2D eigenvalue weighted by Crippen LogP contribution is 2.13. The Bertz CT molecular complexity index is 314. The molecular formula is C13H19NO. The van der Waals surface area contributed by atoms with E-state index in [4.69, 9.17) is 0 Å². The van der Waals surface area contributed by atoms with Crippen LogP contribution in [-0.4, -0.2) is 12.3 Å². The van der Waals surface area contributed by atoms with Gasteiger partial charge in [0.05, 0.1) is 0 Å². The molecule has 0 aliphatic carbocycles. The van der Waals surface area contributed by atoms with E-state index in [1.807, 2.05) is 38.1 Å². The number of rotatable bonds is 5. The number of benzene rings is 1. The van der Waals surface area contributed by atoms with Crippen LogP contribution in [0.4, 0.5) is 5.69 Å². The van der Waals surface area contributed by atoms with Gasteiger partial charge in [-0.2, -0.15) is 0 Å². The molecular weight excluding hydrogens is 186 g/mol. The maximum atomic E-state index is 11.6. The highest BCUT2D eigenvalue weighted by Gasteiger charge is 2.09. The summed E-state index contributed by atoms with van der Waals surface area (Å²) in [7, 11) is 0. The molecule has 0 amide bonds. The van der Waals surface area contributed by atoms with Crippen LogP contribution in [0.25, 0.3) is 0 Å². The Morgan fingerprint density at radius 2 is 1.87 bits per heavy atom. The van der Waals surface area contributed by atoms with E-state index in [0.717, 1.165) is 24.2 Å². The normalized spacial score (nSPS) is 10.4. The number of carbonyl (C=O) groups excluding carboxylic acids is 1. The van der Waals surface area contributed by atoms with Crippen LogP contribution in [0.5, 0.6) is 0 Å². The fourth-order valence-corrected chi connectivity index (χ4v) is 1.36. The minimum absolute atomic E-state index is 0.0689. The molecule has 0 saturated carbocycles. The number of ketones is 1. The number of hydrogen-bond donors (Lipinski definition) is 1. The summed E-state index contributed by atoms with van der Waals surface area (Å²) in [5.41, 5.74) is 1.88. The van der Waals surface area contributed by atoms with E-state index in [9.17, 15) is 4.79 Å². The van der Waals surface area contributed by atoms with Crippen molar-refractivity contribution in [3.8, 4) is 0 Å². The number of Topliss-reactive ketones (excluding diaryl/α,β-unsaturated/α-hetero) is 1. The third-order valence-electron chi connectivity index (χ3n) is 2.27. The van der Waals surface area contributed by atoms with Gasteiger partial charge in [0.15, 0.2) is 5.78 Å². The number of anilines is 1. The van der Waals surface area contributed by atoms with E-state index in [1.54, 1.807) is 0 Å². The lowest BCUT2D eigenvalue weighted by Crippen LogP contribution is -2.07. The molecule has 0 unspecified atom stereocenters. The van der Waals surface area contributed by atoms with Crippen LogP contribution in [0.3, 0.4) is 0 Å². The van der Waals surface area contributed by atoms with Gasteiger partial charge in [-0.15, -0.1) is 0 Å². The number of hydrogen-bond acceptors (Lipinski definition) is 2. The summed E-state index contributed by atoms with van der Waals surface area (Å²) in [6, 6.07) is 7.71. The van der Waals surface area contributed by atoms with Crippen molar-refractivity contribution < 1.29 is 4.79 Å². The fourth-order valence-electron chi connectivity index (χ4n) is 1.36. The quantitative estimate of drug-likeness (QED) is 0.747. The molecule has 2 nitrogen and oxygen atoms in total. The monoisotopic (exact) mass is 205 g/mol. The highest BCUT2D eigenvalue weighted by atomic mass is 16.1. The van der Waals surface area contributed by atoms with Gasteiger partial charge >= 0.3 is 0 Å². The highest BCUT2D eigenvalue weighted by molar-refractivity contribution is 5.97. The molecule has 1 aromatic carbocycles. The minimum Gasteiger partial charge on any atom is -0.385 e. The van der Waals surface area contributed by atoms with Crippen molar-refractivity contribution in [3.05, 3.63) is 29.8 Å². The second-order valence-electron chi connectivity index (χ2n) is 4.02. The summed E-state index contributed by atoms with van der Waals surface area (Å²) < 4.78 is 0. The van der Waals surface area contributed by atoms with Gasteiger partial charge in [0.1, 0.15) is 0 Å². The molecule has 82 valence electrons. The molecule has 0 spiro atoms. The van der Waals surface area contributed by atoms with E-state index < -0.39 is 0 Å². The lowest BCUT2D eigenvalue weighted by Gasteiger charge is -2.07. The molecule has 0 bridgehead atoms. The predicted molar refractivity (Wildman–Crippen MR) is 64.4 cm³/mol. The molecule has 15 heavy (non-hydrogen) atoms. The Labute approximate surface area is 91.7 Å². The maximum Gasteiger partial charge on any atom is 0.165 e. The van der Waals surface area contributed by atoms with Crippen molar-refractivity contribution in [2.75, 3.05) is 11.9 Å². The van der Waals surface area contributed by atoms with Gasteiger partial charge in [0.25, 0.3) is 0 Å². The Hall–Kier alpha value is -1.31. The zero-order valence-electron chi connectivity index (χ0n) is 9.71. The van der Waals surface area contributed by atoms with Gasteiger partial charge in [-0.25, -0.2) is 0 Å². The van der Waals surface area contributed by atoms with E-state index >= 15 is 0 Å². The zero-order chi connectivity index (χ0) is 11.3. The van der Waals surface area contributed by atoms with Crippen molar-refractivity contribution >= 4 is 11.5 Å². The van der Waals surface area contributed by atoms with Crippen LogP contribution < -0.4 is 5.32 Å². The average molecular weight is 205 g/mol. The van der Waals surface area contributed by atoms with Crippen molar-refractivity contribution in [3.63, 3.8) is 0 Å². The smallest absolute Gasteiger partial charge is 0.165 e. The SMILES string of the molecule is CCCNc1ccc(C(=O)C(C)C)cc1. The molecule has 2 heteroatoms. The second kappa shape index (κ2) is 5.54. The van der Waals surface area contributed by atoms with Gasteiger partial charge in [-0.1, -0.05) is 20.8 Å². The molecule has 0 aliphatic rings. The van der Waals surface area contributed by atoms with Crippen molar-refractivity contribution in [2.45, 2.75) is 27.2 Å². The molecule has 0 heterocycles. The standard InChI is InChI=1S/C13H19NO/c1-4-9-14-12-7-5-11(6-8-12)13(15)10(2)3/h5-8,10,14H,4,9H2,1-3H3. The molecule has 1 N–H and O–H groups in total. The van der Waals surface area contributed by atoms with Gasteiger partial charge < -0.3 is 5.32 Å². The van der Waals surface area contributed by atoms with E-state index in [-0.39, 0.29) is 11.7 Å². The summed E-state index contributed by atoms with van der Waals surface area (Å²) in [6.07, 6.45) is 1.10. The maximum absolute atomic E-state index is 11.6. The molecule has 1 rings (SSSR count). The Morgan fingerprint density at radius 3 is 2.33 bits per heavy atom. The van der Waals surface area contributed by atoms with Gasteiger partial charge in [0.2, 0.25) is 0 Å².